The molecule has 3 rings (SSSR count). The number of ether oxygens (including phenoxy) is 3. The van der Waals surface area contributed by atoms with Gasteiger partial charge in [-0.15, -0.1) is 11.3 Å². The normalized spacial score (nSPS) is 10.3. The summed E-state index contributed by atoms with van der Waals surface area (Å²) >= 11 is 1.40. The lowest BCUT2D eigenvalue weighted by Gasteiger charge is -2.16. The standard InChI is InChI=1S/C22H20N2O6S/c1-13(25)29-18-10-15(28-3)11-19(30-14(2)26)21(18)16-7-9-31-20(16)12-24-22(27)17-6-4-5-8-23-17/h4-11H,12H2,1-3H3,(H,24,27). The van der Waals surface area contributed by atoms with Crippen molar-refractivity contribution in [2.75, 3.05) is 7.11 Å². The van der Waals surface area contributed by atoms with Crippen molar-refractivity contribution in [2.45, 2.75) is 20.4 Å². The molecule has 1 amide bonds. The van der Waals surface area contributed by atoms with Crippen LogP contribution in [0.5, 0.6) is 17.2 Å². The number of aromatic nitrogens is 1. The SMILES string of the molecule is COc1cc(OC(C)=O)c(-c2ccsc2CNC(=O)c2ccccn2)c(OC(C)=O)c1. The number of hydrogen-bond donors (Lipinski definition) is 1. The van der Waals surface area contributed by atoms with Crippen molar-refractivity contribution in [3.63, 3.8) is 0 Å². The minimum absolute atomic E-state index is 0.179. The van der Waals surface area contributed by atoms with E-state index in [1.165, 1.54) is 44.4 Å². The molecule has 0 saturated carbocycles. The Balaban J connectivity index is 2.00. The fraction of sp³-hybridized carbons (Fsp3) is 0.182. The third-order valence-corrected chi connectivity index (χ3v) is 5.03. The topological polar surface area (TPSA) is 104 Å². The van der Waals surface area contributed by atoms with Gasteiger partial charge in [0, 0.05) is 42.6 Å². The Morgan fingerprint density at radius 3 is 2.26 bits per heavy atom. The van der Waals surface area contributed by atoms with Crippen LogP contribution >= 0.6 is 11.3 Å². The maximum absolute atomic E-state index is 12.4. The summed E-state index contributed by atoms with van der Waals surface area (Å²) < 4.78 is 16.0. The number of methoxy groups -OCH3 is 1. The highest BCUT2D eigenvalue weighted by molar-refractivity contribution is 7.10. The molecule has 0 bridgehead atoms. The second-order valence-corrected chi connectivity index (χ2v) is 7.34. The summed E-state index contributed by atoms with van der Waals surface area (Å²) in [5.41, 5.74) is 1.36. The largest absolute Gasteiger partial charge is 0.496 e. The number of thiophene rings is 1. The van der Waals surface area contributed by atoms with Gasteiger partial charge in [0.25, 0.3) is 5.91 Å². The van der Waals surface area contributed by atoms with E-state index in [4.69, 9.17) is 14.2 Å². The lowest BCUT2D eigenvalue weighted by atomic mass is 10.0. The van der Waals surface area contributed by atoms with E-state index < -0.39 is 11.9 Å². The van der Waals surface area contributed by atoms with Gasteiger partial charge in [0.15, 0.2) is 0 Å². The molecule has 0 aliphatic carbocycles. The molecule has 2 heterocycles. The number of nitrogens with one attached hydrogen (secondary N) is 1. The Labute approximate surface area is 182 Å². The van der Waals surface area contributed by atoms with Crippen LogP contribution in [0.25, 0.3) is 11.1 Å². The minimum atomic E-state index is -0.538. The van der Waals surface area contributed by atoms with Crippen molar-refractivity contribution in [1.82, 2.24) is 10.3 Å². The van der Waals surface area contributed by atoms with E-state index in [9.17, 15) is 14.4 Å². The maximum atomic E-state index is 12.4. The Morgan fingerprint density at radius 1 is 1.03 bits per heavy atom. The van der Waals surface area contributed by atoms with Gasteiger partial charge in [0.1, 0.15) is 22.9 Å². The number of pyridine rings is 1. The van der Waals surface area contributed by atoms with Crippen LogP contribution in [-0.4, -0.2) is 29.9 Å². The quantitative estimate of drug-likeness (QED) is 0.442. The van der Waals surface area contributed by atoms with Crippen molar-refractivity contribution in [3.05, 3.63) is 58.5 Å². The third kappa shape index (κ3) is 5.46. The van der Waals surface area contributed by atoms with E-state index in [1.54, 1.807) is 30.5 Å². The molecule has 0 atom stereocenters. The zero-order chi connectivity index (χ0) is 22.4. The molecule has 2 aromatic heterocycles. The van der Waals surface area contributed by atoms with Crippen LogP contribution in [0, 0.1) is 0 Å². The summed E-state index contributed by atoms with van der Waals surface area (Å²) in [6.45, 7) is 2.75. The molecule has 31 heavy (non-hydrogen) atoms. The Morgan fingerprint density at radius 2 is 1.71 bits per heavy atom. The summed E-state index contributed by atoms with van der Waals surface area (Å²) in [7, 11) is 1.45. The van der Waals surface area contributed by atoms with Crippen molar-refractivity contribution >= 4 is 29.2 Å². The van der Waals surface area contributed by atoms with Crippen molar-refractivity contribution < 1.29 is 28.6 Å². The van der Waals surface area contributed by atoms with E-state index in [-0.39, 0.29) is 24.0 Å². The number of carbonyl (C=O) groups is 3. The summed E-state index contributed by atoms with van der Waals surface area (Å²) in [5.74, 6) is -0.684. The van der Waals surface area contributed by atoms with Gasteiger partial charge in [0.05, 0.1) is 19.2 Å². The molecular weight excluding hydrogens is 420 g/mol. The monoisotopic (exact) mass is 440 g/mol. The molecule has 1 aromatic carbocycles. The van der Waals surface area contributed by atoms with Crippen LogP contribution in [-0.2, 0) is 16.1 Å². The Bertz CT molecular complexity index is 1070. The van der Waals surface area contributed by atoms with Crippen LogP contribution < -0.4 is 19.5 Å². The van der Waals surface area contributed by atoms with Gasteiger partial charge in [-0.2, -0.15) is 0 Å². The molecule has 1 N–H and O–H groups in total. The molecule has 0 saturated heterocycles. The van der Waals surface area contributed by atoms with Crippen LogP contribution in [0.3, 0.4) is 0 Å². The number of benzene rings is 1. The van der Waals surface area contributed by atoms with Gasteiger partial charge in [-0.05, 0) is 23.6 Å². The van der Waals surface area contributed by atoms with Crippen LogP contribution in [0.4, 0.5) is 0 Å². The number of carbonyl (C=O) groups excluding carboxylic acids is 3. The maximum Gasteiger partial charge on any atom is 0.308 e. The van der Waals surface area contributed by atoms with Gasteiger partial charge in [-0.25, -0.2) is 0 Å². The number of esters is 2. The van der Waals surface area contributed by atoms with E-state index in [2.05, 4.69) is 10.3 Å². The van der Waals surface area contributed by atoms with Crippen LogP contribution in [0.2, 0.25) is 0 Å². The zero-order valence-corrected chi connectivity index (χ0v) is 17.9. The highest BCUT2D eigenvalue weighted by Gasteiger charge is 2.22. The first-order chi connectivity index (χ1) is 14.9. The predicted molar refractivity (Wildman–Crippen MR) is 114 cm³/mol. The molecule has 0 radical (unpaired) electrons. The van der Waals surface area contributed by atoms with Gasteiger partial charge in [-0.3, -0.25) is 19.4 Å². The Kier molecular flexibility index (Phi) is 6.99. The van der Waals surface area contributed by atoms with Crippen molar-refractivity contribution in [1.29, 1.82) is 0 Å². The average Bonchev–Trinajstić information content (AvgIpc) is 3.19. The van der Waals surface area contributed by atoms with Crippen molar-refractivity contribution in [2.24, 2.45) is 0 Å². The lowest BCUT2D eigenvalue weighted by molar-refractivity contribution is -0.132. The fourth-order valence-electron chi connectivity index (χ4n) is 2.87. The smallest absolute Gasteiger partial charge is 0.308 e. The molecular formula is C22H20N2O6S. The molecule has 0 aliphatic rings. The van der Waals surface area contributed by atoms with E-state index >= 15 is 0 Å². The number of nitrogens with zero attached hydrogens (tertiary/aromatic N) is 1. The van der Waals surface area contributed by atoms with Gasteiger partial charge < -0.3 is 19.5 Å². The Hall–Kier alpha value is -3.72. The highest BCUT2D eigenvalue weighted by Crippen LogP contribution is 2.44. The molecule has 0 fully saturated rings. The minimum Gasteiger partial charge on any atom is -0.496 e. The molecule has 160 valence electrons. The summed E-state index contributed by atoms with van der Waals surface area (Å²) in [4.78, 5) is 40.6. The number of rotatable bonds is 7. The van der Waals surface area contributed by atoms with E-state index in [0.29, 0.717) is 22.6 Å². The molecule has 0 aliphatic heterocycles. The average molecular weight is 440 g/mol. The first-order valence-electron chi connectivity index (χ1n) is 9.24. The molecule has 3 aromatic rings. The second-order valence-electron chi connectivity index (χ2n) is 6.34. The molecule has 9 heteroatoms. The third-order valence-electron chi connectivity index (χ3n) is 4.10. The summed E-state index contributed by atoms with van der Waals surface area (Å²) in [6.07, 6.45) is 1.54. The summed E-state index contributed by atoms with van der Waals surface area (Å²) in [6, 6.07) is 9.95. The lowest BCUT2D eigenvalue weighted by Crippen LogP contribution is -2.23. The first kappa shape index (κ1) is 22.0. The molecule has 0 unspecified atom stereocenters. The number of amides is 1. The van der Waals surface area contributed by atoms with E-state index in [1.807, 2.05) is 5.38 Å². The number of hydrogen-bond acceptors (Lipinski definition) is 8. The van der Waals surface area contributed by atoms with Gasteiger partial charge in [-0.1, -0.05) is 6.07 Å². The zero-order valence-electron chi connectivity index (χ0n) is 17.1. The second kappa shape index (κ2) is 9.86. The first-order valence-corrected chi connectivity index (χ1v) is 10.1. The predicted octanol–water partition coefficient (Wildman–Crippen LogP) is 3.60. The summed E-state index contributed by atoms with van der Waals surface area (Å²) in [5, 5.41) is 4.65. The van der Waals surface area contributed by atoms with Gasteiger partial charge >= 0.3 is 11.9 Å². The van der Waals surface area contributed by atoms with Crippen LogP contribution in [0.1, 0.15) is 29.2 Å². The van der Waals surface area contributed by atoms with E-state index in [0.717, 1.165) is 4.88 Å². The van der Waals surface area contributed by atoms with Crippen LogP contribution in [0.15, 0.2) is 48.0 Å². The highest BCUT2D eigenvalue weighted by atomic mass is 32.1. The van der Waals surface area contributed by atoms with Crippen molar-refractivity contribution in [3.8, 4) is 28.4 Å². The van der Waals surface area contributed by atoms with Gasteiger partial charge in [0.2, 0.25) is 0 Å². The molecule has 8 nitrogen and oxygen atoms in total. The fourth-order valence-corrected chi connectivity index (χ4v) is 3.69. The molecule has 0 spiro atoms.